The van der Waals surface area contributed by atoms with Crippen molar-refractivity contribution in [3.05, 3.63) is 41.5 Å². The van der Waals surface area contributed by atoms with Crippen molar-refractivity contribution in [3.63, 3.8) is 0 Å². The molecule has 0 bridgehead atoms. The van der Waals surface area contributed by atoms with E-state index in [9.17, 15) is 39.5 Å². The quantitative estimate of drug-likeness (QED) is 0.190. The number of halogens is 9. The summed E-state index contributed by atoms with van der Waals surface area (Å²) in [5, 5.41) is -1.75. The van der Waals surface area contributed by atoms with Crippen LogP contribution in [0.4, 0.5) is 39.5 Å². The van der Waals surface area contributed by atoms with Crippen LogP contribution in [-0.4, -0.2) is 43.6 Å². The van der Waals surface area contributed by atoms with Crippen molar-refractivity contribution >= 4 is 13.3 Å². The van der Waals surface area contributed by atoms with Crippen LogP contribution in [0.15, 0.2) is 24.3 Å². The summed E-state index contributed by atoms with van der Waals surface area (Å²) in [7, 11) is -7.72. The molecule has 0 heterocycles. The maximum atomic E-state index is 12.6. The fraction of sp³-hybridized carbons (Fsp3) is 0.706. The number of nitrogens with one attached hydrogen (secondary N) is 3. The monoisotopic (exact) mass is 563 g/mol. The predicted octanol–water partition coefficient (Wildman–Crippen LogP) is 7.70. The summed E-state index contributed by atoms with van der Waals surface area (Å²) in [4.78, 5) is 0. The van der Waals surface area contributed by atoms with Gasteiger partial charge < -0.3 is 17.2 Å². The topological polar surface area (TPSA) is 71.4 Å². The molecule has 0 amide bonds. The van der Waals surface area contributed by atoms with Gasteiger partial charge in [-0.2, -0.15) is 51.6 Å². The van der Waals surface area contributed by atoms with Gasteiger partial charge in [-0.05, 0) is 0 Å². The Labute approximate surface area is 197 Å². The van der Waals surface area contributed by atoms with Gasteiger partial charge >= 0.3 is 51.7 Å². The summed E-state index contributed by atoms with van der Waals surface area (Å²) in [5.74, 6) is -19.2. The first-order chi connectivity index (χ1) is 13.1. The number of alkyl halides is 9. The summed E-state index contributed by atoms with van der Waals surface area (Å²) in [6.45, 7) is 11.0. The third kappa shape index (κ3) is 14.5. The second-order valence-electron chi connectivity index (χ2n) is 6.88. The molecule has 0 aliphatic carbocycles. The molecule has 0 aromatic heterocycles. The fourth-order valence-electron chi connectivity index (χ4n) is 1.60. The van der Waals surface area contributed by atoms with Gasteiger partial charge in [-0.25, -0.2) is 12.1 Å². The van der Waals surface area contributed by atoms with Crippen LogP contribution in [0.2, 0.25) is 0 Å². The Balaban J connectivity index is -0.000000232. The molecule has 14 heteroatoms. The second kappa shape index (κ2) is 15.5. The molecule has 1 rings (SSSR count). The van der Waals surface area contributed by atoms with Crippen LogP contribution < -0.4 is 5.19 Å². The average Bonchev–Trinajstić information content (AvgIpc) is 2.84. The van der Waals surface area contributed by atoms with Crippen molar-refractivity contribution < 1.29 is 65.7 Å². The first-order valence-electron chi connectivity index (χ1n) is 8.61. The van der Waals surface area contributed by atoms with Crippen molar-refractivity contribution in [2.75, 3.05) is 0 Å². The van der Waals surface area contributed by atoms with Gasteiger partial charge in [0.2, 0.25) is 0 Å². The molecular weight excluding hydrogens is 537 g/mol. The van der Waals surface area contributed by atoms with E-state index in [1.54, 1.807) is 0 Å². The summed E-state index contributed by atoms with van der Waals surface area (Å²) in [5.41, 5.74) is 19.8. The molecule has 0 atom stereocenters. The van der Waals surface area contributed by atoms with Gasteiger partial charge in [-0.3, -0.25) is 0 Å². The van der Waals surface area contributed by atoms with Gasteiger partial charge in [-0.1, -0.05) is 41.5 Å². The minimum atomic E-state index is -7.72. The van der Waals surface area contributed by atoms with Crippen LogP contribution in [0, 0.1) is 0 Å². The predicted molar refractivity (Wildman–Crippen MR) is 104 cm³/mol. The van der Waals surface area contributed by atoms with E-state index in [0.29, 0.717) is 12.1 Å². The Kier molecular flexibility index (Phi) is 19.0. The summed E-state index contributed by atoms with van der Waals surface area (Å²) in [6.07, 6.45) is 0. The zero-order valence-electron chi connectivity index (χ0n) is 17.9. The maximum Gasteiger partial charge on any atom is 4.00 e. The molecule has 0 radical (unpaired) electrons. The van der Waals surface area contributed by atoms with E-state index in [0.717, 1.165) is 0 Å². The molecular formula is C17H28F9N3SiZr. The van der Waals surface area contributed by atoms with E-state index in [4.69, 9.17) is 17.2 Å². The van der Waals surface area contributed by atoms with E-state index in [-0.39, 0.29) is 56.5 Å². The molecule has 31 heavy (non-hydrogen) atoms. The summed E-state index contributed by atoms with van der Waals surface area (Å²) in [6, 6.07) is 2.09. The molecule has 0 saturated carbocycles. The molecule has 1 aromatic rings. The molecule has 0 fully saturated rings. The zero-order chi connectivity index (χ0) is 25.1. The zero-order valence-corrected chi connectivity index (χ0v) is 21.4. The molecule has 1 aromatic carbocycles. The van der Waals surface area contributed by atoms with Gasteiger partial charge in [-0.15, -0.1) is 23.3 Å². The molecule has 3 nitrogen and oxygen atoms in total. The van der Waals surface area contributed by atoms with Gasteiger partial charge in [0.15, 0.2) is 0 Å². The SMILES string of the molecule is CC(C)[NH-].CC(C)[NH-].CC(C)[NH-].FC(F)(F)[Si]([c-]1cccc1)(C(F)(F)F)C(F)(F)F.[Zr+4]. The molecule has 0 unspecified atom stereocenters. The second-order valence-corrected chi connectivity index (χ2v) is 10.7. The largest absolute Gasteiger partial charge is 4.00 e. The molecule has 0 spiro atoms. The van der Waals surface area contributed by atoms with E-state index >= 15 is 0 Å². The Morgan fingerprint density at radius 2 is 0.742 bits per heavy atom. The minimum absolute atomic E-state index is 0. The van der Waals surface area contributed by atoms with Gasteiger partial charge in [0, 0.05) is 0 Å². The normalized spacial score (nSPS) is 12.2. The Morgan fingerprint density at radius 3 is 0.871 bits per heavy atom. The third-order valence-electron chi connectivity index (χ3n) is 2.37. The van der Waals surface area contributed by atoms with Crippen LogP contribution in [0.3, 0.4) is 0 Å². The Bertz CT molecular complexity index is 482. The van der Waals surface area contributed by atoms with Crippen LogP contribution in [0.1, 0.15) is 41.5 Å². The molecule has 0 saturated heterocycles. The average molecular weight is 565 g/mol. The Hall–Kier alpha value is -0.300. The van der Waals surface area contributed by atoms with Crippen LogP contribution in [0.25, 0.3) is 17.2 Å². The number of hydrogen-bond acceptors (Lipinski definition) is 0. The summed E-state index contributed by atoms with van der Waals surface area (Å²) < 4.78 is 113. The van der Waals surface area contributed by atoms with Gasteiger partial charge in [0.05, 0.1) is 0 Å². The smallest absolute Gasteiger partial charge is 0.675 e. The summed E-state index contributed by atoms with van der Waals surface area (Å²) >= 11 is 0. The standard InChI is InChI=1S/C8H4F9Si.3C3H8N.Zr/c9-6(10,11)18(7(12,13)14,8(15,16)17)5-3-1-2-4-5;3*1-3(2)4;/h1-4H;3*3-4H,1-2H3;/q4*-1;+4. The molecule has 182 valence electrons. The fourth-order valence-corrected chi connectivity index (χ4v) is 4.24. The van der Waals surface area contributed by atoms with E-state index in [1.165, 1.54) is 0 Å². The third-order valence-corrected chi connectivity index (χ3v) is 6.12. The van der Waals surface area contributed by atoms with Crippen molar-refractivity contribution in [1.29, 1.82) is 0 Å². The van der Waals surface area contributed by atoms with E-state index in [2.05, 4.69) is 0 Å². The number of hydrogen-bond donors (Lipinski definition) is 0. The van der Waals surface area contributed by atoms with Crippen LogP contribution in [0.5, 0.6) is 0 Å². The Morgan fingerprint density at radius 1 is 0.581 bits per heavy atom. The minimum Gasteiger partial charge on any atom is -0.675 e. The van der Waals surface area contributed by atoms with Crippen molar-refractivity contribution in [2.24, 2.45) is 0 Å². The van der Waals surface area contributed by atoms with Crippen LogP contribution in [-0.2, 0) is 26.2 Å². The van der Waals surface area contributed by atoms with Crippen molar-refractivity contribution in [1.82, 2.24) is 0 Å². The van der Waals surface area contributed by atoms with Crippen molar-refractivity contribution in [2.45, 2.75) is 77.1 Å². The number of rotatable bonds is 1. The van der Waals surface area contributed by atoms with E-state index < -0.39 is 30.7 Å². The van der Waals surface area contributed by atoms with Gasteiger partial charge in [0.1, 0.15) is 0 Å². The van der Waals surface area contributed by atoms with Crippen LogP contribution >= 0.6 is 0 Å². The van der Waals surface area contributed by atoms with Crippen molar-refractivity contribution in [3.8, 4) is 0 Å². The first kappa shape index (κ1) is 38.0. The molecule has 0 aliphatic rings. The molecule has 3 N–H and O–H groups in total. The van der Waals surface area contributed by atoms with E-state index in [1.807, 2.05) is 41.5 Å². The van der Waals surface area contributed by atoms with Gasteiger partial charge in [0.25, 0.3) is 0 Å². The maximum absolute atomic E-state index is 12.6. The first-order valence-corrected chi connectivity index (χ1v) is 10.6. The molecule has 0 aliphatic heterocycles.